The molecule has 4 nitrogen and oxygen atoms in total. The highest BCUT2D eigenvalue weighted by atomic mass is 35.5. The molecule has 1 aromatic rings. The highest BCUT2D eigenvalue weighted by Crippen LogP contribution is 2.27. The van der Waals surface area contributed by atoms with Gasteiger partial charge in [-0.2, -0.15) is 0 Å². The fourth-order valence-electron chi connectivity index (χ4n) is 3.98. The Kier molecular flexibility index (Phi) is 7.48. The second kappa shape index (κ2) is 9.83. The monoisotopic (exact) mass is 408 g/mol. The van der Waals surface area contributed by atoms with Crippen LogP contribution < -0.4 is 5.32 Å². The second-order valence-corrected chi connectivity index (χ2v) is 9.53. The quantitative estimate of drug-likeness (QED) is 0.729. The molecule has 0 spiro atoms. The van der Waals surface area contributed by atoms with E-state index in [4.69, 9.17) is 11.6 Å². The molecule has 3 rings (SSSR count). The van der Waals surface area contributed by atoms with Crippen LogP contribution in [0.4, 0.5) is 0 Å². The number of amides is 2. The fraction of sp³-hybridized carbons (Fsp3) is 0.619. The van der Waals surface area contributed by atoms with Crippen molar-refractivity contribution in [3.8, 4) is 0 Å². The summed E-state index contributed by atoms with van der Waals surface area (Å²) in [5.41, 5.74) is 0. The predicted molar refractivity (Wildman–Crippen MR) is 111 cm³/mol. The van der Waals surface area contributed by atoms with E-state index in [1.807, 2.05) is 36.1 Å². The Labute approximate surface area is 171 Å². The Morgan fingerprint density at radius 3 is 2.52 bits per heavy atom. The van der Waals surface area contributed by atoms with Crippen molar-refractivity contribution < 1.29 is 9.59 Å². The largest absolute Gasteiger partial charge is 0.353 e. The van der Waals surface area contributed by atoms with Crippen molar-refractivity contribution in [2.45, 2.75) is 68.1 Å². The first-order valence-electron chi connectivity index (χ1n) is 10.0. The minimum atomic E-state index is -0.175. The van der Waals surface area contributed by atoms with Crippen molar-refractivity contribution in [3.63, 3.8) is 0 Å². The van der Waals surface area contributed by atoms with Crippen LogP contribution in [0.25, 0.3) is 0 Å². The third kappa shape index (κ3) is 5.89. The lowest BCUT2D eigenvalue weighted by Crippen LogP contribution is -2.49. The standard InChI is InChI=1S/C21H29ClN2O2S/c1-15(27-19-11-9-17(22)10-12-19)21(26)24-13-5-6-16(14-24)20(25)23-18-7-3-2-4-8-18/h9-12,15-16,18H,2-8,13-14H2,1H3,(H,23,25). The van der Waals surface area contributed by atoms with Crippen LogP contribution in [-0.2, 0) is 9.59 Å². The first kappa shape index (κ1) is 20.5. The van der Waals surface area contributed by atoms with E-state index in [-0.39, 0.29) is 23.0 Å². The van der Waals surface area contributed by atoms with Gasteiger partial charge in [-0.15, -0.1) is 11.8 Å². The van der Waals surface area contributed by atoms with Crippen molar-refractivity contribution in [2.24, 2.45) is 5.92 Å². The summed E-state index contributed by atoms with van der Waals surface area (Å²) >= 11 is 7.47. The van der Waals surface area contributed by atoms with Crippen molar-refractivity contribution in [1.82, 2.24) is 10.2 Å². The lowest BCUT2D eigenvalue weighted by molar-refractivity contribution is -0.135. The number of piperidine rings is 1. The first-order chi connectivity index (χ1) is 13.0. The minimum Gasteiger partial charge on any atom is -0.353 e. The van der Waals surface area contributed by atoms with E-state index in [1.54, 1.807) is 11.8 Å². The smallest absolute Gasteiger partial charge is 0.235 e. The van der Waals surface area contributed by atoms with Crippen LogP contribution in [0, 0.1) is 5.92 Å². The average Bonchev–Trinajstić information content (AvgIpc) is 2.70. The van der Waals surface area contributed by atoms with Gasteiger partial charge in [-0.05, 0) is 56.9 Å². The first-order valence-corrected chi connectivity index (χ1v) is 11.3. The molecule has 2 atom stereocenters. The highest BCUT2D eigenvalue weighted by Gasteiger charge is 2.31. The number of nitrogens with one attached hydrogen (secondary N) is 1. The number of hydrogen-bond donors (Lipinski definition) is 1. The summed E-state index contributed by atoms with van der Waals surface area (Å²) in [5.74, 6) is 0.180. The maximum atomic E-state index is 12.9. The van der Waals surface area contributed by atoms with Crippen LogP contribution in [-0.4, -0.2) is 41.1 Å². The highest BCUT2D eigenvalue weighted by molar-refractivity contribution is 8.00. The fourth-order valence-corrected chi connectivity index (χ4v) is 5.06. The van der Waals surface area contributed by atoms with Gasteiger partial charge >= 0.3 is 0 Å². The summed E-state index contributed by atoms with van der Waals surface area (Å²) in [4.78, 5) is 28.4. The number of carbonyl (C=O) groups excluding carboxylic acids is 2. The molecule has 1 aliphatic heterocycles. The molecule has 2 unspecified atom stereocenters. The summed E-state index contributed by atoms with van der Waals surface area (Å²) in [6, 6.07) is 7.89. The molecule has 2 fully saturated rings. The van der Waals surface area contributed by atoms with Crippen molar-refractivity contribution in [2.75, 3.05) is 13.1 Å². The number of benzene rings is 1. The average molecular weight is 409 g/mol. The number of thioether (sulfide) groups is 1. The normalized spacial score (nSPS) is 22.3. The van der Waals surface area contributed by atoms with Crippen LogP contribution in [0.1, 0.15) is 51.9 Å². The SMILES string of the molecule is CC(Sc1ccc(Cl)cc1)C(=O)N1CCCC(C(=O)NC2CCCCC2)C1. The molecule has 0 aromatic heterocycles. The summed E-state index contributed by atoms with van der Waals surface area (Å²) in [7, 11) is 0. The van der Waals surface area contributed by atoms with E-state index in [9.17, 15) is 9.59 Å². The molecule has 1 saturated carbocycles. The molecule has 27 heavy (non-hydrogen) atoms. The summed E-state index contributed by atoms with van der Waals surface area (Å²) in [6.45, 7) is 3.23. The Morgan fingerprint density at radius 1 is 1.11 bits per heavy atom. The Morgan fingerprint density at radius 2 is 1.81 bits per heavy atom. The zero-order chi connectivity index (χ0) is 19.2. The molecule has 1 heterocycles. The van der Waals surface area contributed by atoms with Crippen LogP contribution in [0.2, 0.25) is 5.02 Å². The second-order valence-electron chi connectivity index (χ2n) is 7.68. The Balaban J connectivity index is 1.52. The third-order valence-corrected chi connectivity index (χ3v) is 6.88. The molecule has 6 heteroatoms. The topological polar surface area (TPSA) is 49.4 Å². The molecule has 148 valence electrons. The minimum absolute atomic E-state index is 0.0719. The summed E-state index contributed by atoms with van der Waals surface area (Å²) in [6.07, 6.45) is 7.65. The van der Waals surface area contributed by atoms with Gasteiger partial charge in [0.15, 0.2) is 0 Å². The molecule has 2 amide bonds. The summed E-state index contributed by atoms with van der Waals surface area (Å²) in [5, 5.41) is 3.75. The van der Waals surface area contributed by atoms with Crippen LogP contribution >= 0.6 is 23.4 Å². The molecule has 1 aromatic carbocycles. The van der Waals surface area contributed by atoms with Crippen LogP contribution in [0.5, 0.6) is 0 Å². The predicted octanol–water partition coefficient (Wildman–Crippen LogP) is 4.51. The van der Waals surface area contributed by atoms with E-state index in [0.29, 0.717) is 17.6 Å². The van der Waals surface area contributed by atoms with Crippen LogP contribution in [0.15, 0.2) is 29.2 Å². The number of likely N-dealkylation sites (tertiary alicyclic amines) is 1. The lowest BCUT2D eigenvalue weighted by Gasteiger charge is -2.34. The van der Waals surface area contributed by atoms with Gasteiger partial charge in [0.2, 0.25) is 11.8 Å². The van der Waals surface area contributed by atoms with E-state index in [0.717, 1.165) is 37.1 Å². The molecule has 1 N–H and O–H groups in total. The molecule has 0 radical (unpaired) electrons. The molecule has 1 saturated heterocycles. The Bertz CT molecular complexity index is 646. The molecular weight excluding hydrogens is 380 g/mol. The lowest BCUT2D eigenvalue weighted by atomic mass is 9.93. The van der Waals surface area contributed by atoms with E-state index in [2.05, 4.69) is 5.32 Å². The van der Waals surface area contributed by atoms with E-state index in [1.165, 1.54) is 19.3 Å². The van der Waals surface area contributed by atoms with E-state index < -0.39 is 0 Å². The van der Waals surface area contributed by atoms with Gasteiger partial charge in [-0.1, -0.05) is 30.9 Å². The maximum Gasteiger partial charge on any atom is 0.235 e. The number of rotatable bonds is 5. The number of nitrogens with zero attached hydrogens (tertiary/aromatic N) is 1. The van der Waals surface area contributed by atoms with Crippen molar-refractivity contribution in [1.29, 1.82) is 0 Å². The van der Waals surface area contributed by atoms with Gasteiger partial charge in [-0.3, -0.25) is 9.59 Å². The zero-order valence-electron chi connectivity index (χ0n) is 16.0. The number of halogens is 1. The maximum absolute atomic E-state index is 12.9. The molecule has 1 aliphatic carbocycles. The zero-order valence-corrected chi connectivity index (χ0v) is 17.5. The third-order valence-electron chi connectivity index (χ3n) is 5.53. The Hall–Kier alpha value is -1.20. The van der Waals surface area contributed by atoms with E-state index >= 15 is 0 Å². The van der Waals surface area contributed by atoms with Gasteiger partial charge in [-0.25, -0.2) is 0 Å². The molecule has 2 aliphatic rings. The van der Waals surface area contributed by atoms with Gasteiger partial charge in [0.1, 0.15) is 0 Å². The molecular formula is C21H29ClN2O2S. The van der Waals surface area contributed by atoms with Gasteiger partial charge in [0.05, 0.1) is 11.2 Å². The van der Waals surface area contributed by atoms with Crippen LogP contribution in [0.3, 0.4) is 0 Å². The summed E-state index contributed by atoms with van der Waals surface area (Å²) < 4.78 is 0. The van der Waals surface area contributed by atoms with Crippen molar-refractivity contribution >= 4 is 35.2 Å². The molecule has 0 bridgehead atoms. The van der Waals surface area contributed by atoms with Gasteiger partial charge in [0, 0.05) is 29.0 Å². The number of hydrogen-bond acceptors (Lipinski definition) is 3. The number of carbonyl (C=O) groups is 2. The van der Waals surface area contributed by atoms with Gasteiger partial charge in [0.25, 0.3) is 0 Å². The van der Waals surface area contributed by atoms with Gasteiger partial charge < -0.3 is 10.2 Å². The van der Waals surface area contributed by atoms with Crippen molar-refractivity contribution in [3.05, 3.63) is 29.3 Å².